The predicted octanol–water partition coefficient (Wildman–Crippen LogP) is 5.61. The molecule has 0 saturated heterocycles. The second kappa shape index (κ2) is 9.75. The lowest BCUT2D eigenvalue weighted by Crippen LogP contribution is -2.22. The Morgan fingerprint density at radius 3 is 2.35 bits per heavy atom. The van der Waals surface area contributed by atoms with E-state index in [1.165, 1.54) is 10.2 Å². The van der Waals surface area contributed by atoms with Gasteiger partial charge in [0.15, 0.2) is 0 Å². The SMILES string of the molecule is Cc1c(NC(=O)c2cccc(N=Cc3ccc(C(C)C)cc3)c2)c(=O)n(-c2ccccc2)n1C. The normalized spacial score (nSPS) is 11.3. The smallest absolute Gasteiger partial charge is 0.295 e. The molecule has 0 aliphatic carbocycles. The maximum absolute atomic E-state index is 13.1. The van der Waals surface area contributed by atoms with Crippen molar-refractivity contribution in [3.63, 3.8) is 0 Å². The molecular weight excluding hydrogens is 424 g/mol. The van der Waals surface area contributed by atoms with Crippen molar-refractivity contribution in [2.24, 2.45) is 12.0 Å². The summed E-state index contributed by atoms with van der Waals surface area (Å²) >= 11 is 0. The first-order valence-electron chi connectivity index (χ1n) is 11.2. The number of anilines is 1. The molecule has 6 heteroatoms. The number of hydrogen-bond donors (Lipinski definition) is 1. The van der Waals surface area contributed by atoms with E-state index in [2.05, 4.69) is 36.3 Å². The van der Waals surface area contributed by atoms with Crippen molar-refractivity contribution in [1.82, 2.24) is 9.36 Å². The Balaban J connectivity index is 1.55. The maximum Gasteiger partial charge on any atom is 0.295 e. The molecule has 0 bridgehead atoms. The van der Waals surface area contributed by atoms with Gasteiger partial charge in [-0.15, -0.1) is 0 Å². The molecule has 34 heavy (non-hydrogen) atoms. The van der Waals surface area contributed by atoms with Gasteiger partial charge < -0.3 is 5.32 Å². The van der Waals surface area contributed by atoms with E-state index in [-0.39, 0.29) is 17.2 Å². The second-order valence-electron chi connectivity index (χ2n) is 8.52. The lowest BCUT2D eigenvalue weighted by Gasteiger charge is -2.07. The molecule has 0 aliphatic rings. The fourth-order valence-corrected chi connectivity index (χ4v) is 3.74. The number of carbonyl (C=O) groups excluding carboxylic acids is 1. The largest absolute Gasteiger partial charge is 0.316 e. The molecule has 0 fully saturated rings. The first-order valence-corrected chi connectivity index (χ1v) is 11.2. The van der Waals surface area contributed by atoms with Gasteiger partial charge in [0.2, 0.25) is 0 Å². The van der Waals surface area contributed by atoms with Crippen LogP contribution < -0.4 is 10.9 Å². The number of para-hydroxylation sites is 1. The van der Waals surface area contributed by atoms with Gasteiger partial charge in [-0.05, 0) is 54.3 Å². The number of aromatic nitrogens is 2. The van der Waals surface area contributed by atoms with Crippen LogP contribution in [-0.4, -0.2) is 21.5 Å². The summed E-state index contributed by atoms with van der Waals surface area (Å²) in [5.74, 6) is 0.121. The maximum atomic E-state index is 13.1. The van der Waals surface area contributed by atoms with E-state index in [1.54, 1.807) is 36.1 Å². The quantitative estimate of drug-likeness (QED) is 0.386. The first-order chi connectivity index (χ1) is 16.3. The van der Waals surface area contributed by atoms with Gasteiger partial charge in [-0.1, -0.05) is 62.4 Å². The third-order valence-electron chi connectivity index (χ3n) is 5.87. The van der Waals surface area contributed by atoms with E-state index >= 15 is 0 Å². The Morgan fingerprint density at radius 1 is 0.971 bits per heavy atom. The van der Waals surface area contributed by atoms with Gasteiger partial charge in [0.25, 0.3) is 11.5 Å². The van der Waals surface area contributed by atoms with Crippen LogP contribution in [-0.2, 0) is 7.05 Å². The highest BCUT2D eigenvalue weighted by Crippen LogP contribution is 2.19. The van der Waals surface area contributed by atoms with Gasteiger partial charge in [0.1, 0.15) is 5.69 Å². The molecule has 1 amide bonds. The second-order valence-corrected chi connectivity index (χ2v) is 8.52. The zero-order chi connectivity index (χ0) is 24.2. The van der Waals surface area contributed by atoms with Crippen molar-refractivity contribution >= 4 is 23.5 Å². The van der Waals surface area contributed by atoms with Gasteiger partial charge in [-0.25, -0.2) is 4.68 Å². The topological polar surface area (TPSA) is 68.4 Å². The minimum Gasteiger partial charge on any atom is -0.316 e. The van der Waals surface area contributed by atoms with Crippen LogP contribution in [0.3, 0.4) is 0 Å². The zero-order valence-electron chi connectivity index (χ0n) is 19.8. The lowest BCUT2D eigenvalue weighted by atomic mass is 10.0. The lowest BCUT2D eigenvalue weighted by molar-refractivity contribution is 0.102. The summed E-state index contributed by atoms with van der Waals surface area (Å²) in [6, 6.07) is 24.6. The van der Waals surface area contributed by atoms with Gasteiger partial charge in [0, 0.05) is 18.8 Å². The Labute approximate surface area is 199 Å². The van der Waals surface area contributed by atoms with E-state index < -0.39 is 0 Å². The minimum atomic E-state index is -0.357. The van der Waals surface area contributed by atoms with E-state index in [0.29, 0.717) is 22.9 Å². The Kier molecular flexibility index (Phi) is 6.59. The van der Waals surface area contributed by atoms with Crippen LogP contribution in [0.15, 0.2) is 88.6 Å². The van der Waals surface area contributed by atoms with Crippen molar-refractivity contribution in [1.29, 1.82) is 0 Å². The fraction of sp³-hybridized carbons (Fsp3) is 0.179. The molecule has 0 atom stereocenters. The number of hydrogen-bond acceptors (Lipinski definition) is 3. The van der Waals surface area contributed by atoms with Crippen molar-refractivity contribution in [2.45, 2.75) is 26.7 Å². The molecule has 6 nitrogen and oxygen atoms in total. The van der Waals surface area contributed by atoms with Crippen LogP contribution in [0.25, 0.3) is 5.69 Å². The highest BCUT2D eigenvalue weighted by Gasteiger charge is 2.18. The molecule has 3 aromatic carbocycles. The Morgan fingerprint density at radius 2 is 1.68 bits per heavy atom. The van der Waals surface area contributed by atoms with E-state index in [1.807, 2.05) is 55.5 Å². The van der Waals surface area contributed by atoms with Gasteiger partial charge >= 0.3 is 0 Å². The molecule has 1 heterocycles. The summed E-state index contributed by atoms with van der Waals surface area (Å²) in [7, 11) is 1.79. The van der Waals surface area contributed by atoms with Crippen molar-refractivity contribution < 1.29 is 4.79 Å². The standard InChI is InChI=1S/C28H28N4O2/c1-19(2)22-15-13-21(14-16-22)18-29-24-10-8-9-23(17-24)27(33)30-26-20(3)31(4)32(28(26)34)25-11-6-5-7-12-25/h5-19H,1-4H3,(H,30,33). The Hall–Kier alpha value is -4.19. The predicted molar refractivity (Wildman–Crippen MR) is 138 cm³/mol. The average molecular weight is 453 g/mol. The number of aliphatic imine (C=N–C) groups is 1. The number of nitrogens with one attached hydrogen (secondary N) is 1. The summed E-state index contributed by atoms with van der Waals surface area (Å²) in [4.78, 5) is 30.6. The monoisotopic (exact) mass is 452 g/mol. The summed E-state index contributed by atoms with van der Waals surface area (Å²) in [5, 5.41) is 2.80. The van der Waals surface area contributed by atoms with Gasteiger partial charge in [0.05, 0.1) is 17.1 Å². The molecule has 4 rings (SSSR count). The number of rotatable bonds is 6. The van der Waals surface area contributed by atoms with E-state index in [0.717, 1.165) is 11.3 Å². The van der Waals surface area contributed by atoms with E-state index in [9.17, 15) is 9.59 Å². The van der Waals surface area contributed by atoms with Crippen molar-refractivity contribution in [3.8, 4) is 5.69 Å². The number of amides is 1. The van der Waals surface area contributed by atoms with E-state index in [4.69, 9.17) is 0 Å². The third kappa shape index (κ3) is 4.76. The fourth-order valence-electron chi connectivity index (χ4n) is 3.74. The number of carbonyl (C=O) groups is 1. The van der Waals surface area contributed by atoms with Crippen LogP contribution in [0.2, 0.25) is 0 Å². The highest BCUT2D eigenvalue weighted by atomic mass is 16.2. The Bertz CT molecular complexity index is 1390. The third-order valence-corrected chi connectivity index (χ3v) is 5.87. The molecule has 172 valence electrons. The van der Waals surface area contributed by atoms with Crippen LogP contribution in [0.5, 0.6) is 0 Å². The summed E-state index contributed by atoms with van der Waals surface area (Å²) in [6.07, 6.45) is 1.78. The summed E-state index contributed by atoms with van der Waals surface area (Å²) < 4.78 is 3.27. The zero-order valence-corrected chi connectivity index (χ0v) is 19.8. The number of benzene rings is 3. The van der Waals surface area contributed by atoms with Crippen molar-refractivity contribution in [2.75, 3.05) is 5.32 Å². The molecular formula is C28H28N4O2. The highest BCUT2D eigenvalue weighted by molar-refractivity contribution is 6.05. The molecule has 0 radical (unpaired) electrons. The molecule has 1 aromatic heterocycles. The van der Waals surface area contributed by atoms with Crippen LogP contribution >= 0.6 is 0 Å². The molecule has 0 spiro atoms. The van der Waals surface area contributed by atoms with Crippen LogP contribution in [0, 0.1) is 6.92 Å². The average Bonchev–Trinajstić information content (AvgIpc) is 3.06. The van der Waals surface area contributed by atoms with Crippen molar-refractivity contribution in [3.05, 3.63) is 112 Å². The summed E-state index contributed by atoms with van der Waals surface area (Å²) in [5.41, 5.74) is 4.73. The summed E-state index contributed by atoms with van der Waals surface area (Å²) in [6.45, 7) is 6.13. The molecule has 4 aromatic rings. The number of nitrogens with zero attached hydrogens (tertiary/aromatic N) is 3. The van der Waals surface area contributed by atoms with Gasteiger partial charge in [-0.3, -0.25) is 19.3 Å². The van der Waals surface area contributed by atoms with Crippen LogP contribution in [0.4, 0.5) is 11.4 Å². The molecule has 1 N–H and O–H groups in total. The minimum absolute atomic E-state index is 0.260. The molecule has 0 unspecified atom stereocenters. The van der Waals surface area contributed by atoms with Gasteiger partial charge in [-0.2, -0.15) is 0 Å². The molecule has 0 aliphatic heterocycles. The first kappa shape index (κ1) is 23.0. The van der Waals surface area contributed by atoms with Crippen LogP contribution in [0.1, 0.15) is 46.9 Å². The molecule has 0 saturated carbocycles.